The Labute approximate surface area is 104 Å². The topological polar surface area (TPSA) is 120 Å². The predicted molar refractivity (Wildman–Crippen MR) is 67.7 cm³/mol. The van der Waals surface area contributed by atoms with Crippen molar-refractivity contribution in [3.8, 4) is 0 Å². The largest absolute Gasteiger partial charge is 0.396 e. The summed E-state index contributed by atoms with van der Waals surface area (Å²) in [7, 11) is 0. The summed E-state index contributed by atoms with van der Waals surface area (Å²) in [5, 5.41) is 21.1. The van der Waals surface area contributed by atoms with Crippen molar-refractivity contribution in [3.05, 3.63) is 18.0 Å². The Balaban J connectivity index is 2.01. The minimum atomic E-state index is -0.144. The molecule has 6 N–H and O–H groups in total. The van der Waals surface area contributed by atoms with Gasteiger partial charge in [-0.1, -0.05) is 0 Å². The van der Waals surface area contributed by atoms with Crippen LogP contribution in [0.25, 0.3) is 11.0 Å². The van der Waals surface area contributed by atoms with E-state index in [1.54, 1.807) is 6.20 Å². The number of nitrogens with zero attached hydrogens (tertiary/aromatic N) is 2. The van der Waals surface area contributed by atoms with Crippen molar-refractivity contribution in [3.63, 3.8) is 0 Å². The van der Waals surface area contributed by atoms with Crippen LogP contribution in [0.5, 0.6) is 0 Å². The molecule has 0 bridgehead atoms. The molecule has 2 aromatic rings. The van der Waals surface area contributed by atoms with Gasteiger partial charge >= 0.3 is 0 Å². The van der Waals surface area contributed by atoms with E-state index in [4.69, 9.17) is 15.9 Å². The Morgan fingerprint density at radius 3 is 2.89 bits per heavy atom. The first-order valence-electron chi connectivity index (χ1n) is 5.75. The van der Waals surface area contributed by atoms with Crippen LogP contribution in [0, 0.1) is 5.92 Å². The molecule has 2 heterocycles. The third-order valence-electron chi connectivity index (χ3n) is 2.78. The maximum absolute atomic E-state index is 8.95. The summed E-state index contributed by atoms with van der Waals surface area (Å²) in [6.07, 6.45) is 3.49. The SMILES string of the molecule is Nc1ncc2[nH]cc(CNCC(CO)CO)c2n1. The zero-order valence-electron chi connectivity index (χ0n) is 9.93. The number of H-pyrrole nitrogens is 1. The maximum atomic E-state index is 8.95. The summed E-state index contributed by atoms with van der Waals surface area (Å²) in [5.74, 6) is 0.0989. The molecule has 0 aliphatic rings. The second-order valence-electron chi connectivity index (χ2n) is 4.17. The van der Waals surface area contributed by atoms with Gasteiger partial charge in [0, 0.05) is 44.0 Å². The van der Waals surface area contributed by atoms with Gasteiger partial charge in [-0.05, 0) is 0 Å². The number of nitrogens with two attached hydrogens (primary N) is 1. The first-order valence-corrected chi connectivity index (χ1v) is 5.75. The lowest BCUT2D eigenvalue weighted by molar-refractivity contribution is 0.148. The molecule has 0 amide bonds. The van der Waals surface area contributed by atoms with E-state index in [1.165, 1.54) is 0 Å². The van der Waals surface area contributed by atoms with E-state index in [2.05, 4.69) is 20.3 Å². The second-order valence-corrected chi connectivity index (χ2v) is 4.17. The van der Waals surface area contributed by atoms with Gasteiger partial charge in [0.15, 0.2) is 0 Å². The number of aliphatic hydroxyl groups excluding tert-OH is 2. The number of aromatic amines is 1. The van der Waals surface area contributed by atoms with Gasteiger partial charge in [0.25, 0.3) is 0 Å². The van der Waals surface area contributed by atoms with Crippen LogP contribution in [0.1, 0.15) is 5.56 Å². The summed E-state index contributed by atoms with van der Waals surface area (Å²) < 4.78 is 0. The third-order valence-corrected chi connectivity index (χ3v) is 2.78. The molecule has 0 saturated carbocycles. The fourth-order valence-electron chi connectivity index (χ4n) is 1.71. The summed E-state index contributed by atoms with van der Waals surface area (Å²) in [6.45, 7) is 1.06. The Hall–Kier alpha value is -1.70. The summed E-state index contributed by atoms with van der Waals surface area (Å²) in [4.78, 5) is 11.1. The van der Waals surface area contributed by atoms with Crippen LogP contribution in [0.2, 0.25) is 0 Å². The average Bonchev–Trinajstić information content (AvgIpc) is 2.77. The highest BCUT2D eigenvalue weighted by molar-refractivity contribution is 5.78. The molecule has 0 radical (unpaired) electrons. The van der Waals surface area contributed by atoms with Crippen LogP contribution in [0.15, 0.2) is 12.4 Å². The van der Waals surface area contributed by atoms with E-state index in [0.717, 1.165) is 16.6 Å². The predicted octanol–water partition coefficient (Wildman–Crippen LogP) is -0.770. The molecule has 98 valence electrons. The van der Waals surface area contributed by atoms with Crippen molar-refractivity contribution in [2.45, 2.75) is 6.54 Å². The van der Waals surface area contributed by atoms with Gasteiger partial charge in [0.05, 0.1) is 17.2 Å². The number of rotatable bonds is 6. The third kappa shape index (κ3) is 2.76. The van der Waals surface area contributed by atoms with E-state index in [0.29, 0.717) is 13.1 Å². The van der Waals surface area contributed by atoms with Crippen molar-refractivity contribution in [1.82, 2.24) is 20.3 Å². The van der Waals surface area contributed by atoms with Gasteiger partial charge in [-0.25, -0.2) is 9.97 Å². The number of nitrogens with one attached hydrogen (secondary N) is 2. The van der Waals surface area contributed by atoms with Gasteiger partial charge in [-0.15, -0.1) is 0 Å². The van der Waals surface area contributed by atoms with Crippen molar-refractivity contribution in [1.29, 1.82) is 0 Å². The molecule has 2 aromatic heterocycles. The minimum absolute atomic E-state index is 0.0352. The molecule has 7 nitrogen and oxygen atoms in total. The van der Waals surface area contributed by atoms with E-state index in [1.807, 2.05) is 6.20 Å². The Bertz CT molecular complexity index is 509. The molecule has 0 aliphatic carbocycles. The van der Waals surface area contributed by atoms with E-state index < -0.39 is 0 Å². The Morgan fingerprint density at radius 2 is 2.17 bits per heavy atom. The Morgan fingerprint density at radius 1 is 1.39 bits per heavy atom. The molecule has 7 heteroatoms. The standard InChI is InChI=1S/C11H17N5O2/c12-11-15-4-9-10(16-11)8(3-14-9)2-13-1-7(5-17)6-18/h3-4,7,13-14,17-18H,1-2,5-6H2,(H2,12,15,16). The van der Waals surface area contributed by atoms with Crippen molar-refractivity contribution >= 4 is 17.0 Å². The first kappa shape index (κ1) is 12.7. The van der Waals surface area contributed by atoms with Gasteiger partial charge < -0.3 is 26.2 Å². The normalized spacial score (nSPS) is 11.5. The number of hydrogen-bond donors (Lipinski definition) is 5. The molecule has 0 atom stereocenters. The monoisotopic (exact) mass is 251 g/mol. The molecular weight excluding hydrogens is 234 g/mol. The van der Waals surface area contributed by atoms with Gasteiger partial charge in [-0.3, -0.25) is 0 Å². The number of fused-ring (bicyclic) bond motifs is 1. The number of anilines is 1. The molecule has 0 unspecified atom stereocenters. The van der Waals surface area contributed by atoms with Crippen LogP contribution in [0.4, 0.5) is 5.95 Å². The summed E-state index contributed by atoms with van der Waals surface area (Å²) in [6, 6.07) is 0. The highest BCUT2D eigenvalue weighted by Gasteiger charge is 2.08. The van der Waals surface area contributed by atoms with Crippen molar-refractivity contribution < 1.29 is 10.2 Å². The second kappa shape index (κ2) is 5.76. The van der Waals surface area contributed by atoms with Crippen LogP contribution in [-0.2, 0) is 6.54 Å². The fraction of sp³-hybridized carbons (Fsp3) is 0.455. The number of hydrogen-bond acceptors (Lipinski definition) is 6. The van der Waals surface area contributed by atoms with Crippen LogP contribution in [0.3, 0.4) is 0 Å². The molecule has 2 rings (SSSR count). The summed E-state index contributed by atoms with van der Waals surface area (Å²) in [5.41, 5.74) is 8.16. The first-order chi connectivity index (χ1) is 8.74. The van der Waals surface area contributed by atoms with Crippen molar-refractivity contribution in [2.75, 3.05) is 25.5 Å². The van der Waals surface area contributed by atoms with Crippen LogP contribution in [-0.4, -0.2) is 44.9 Å². The number of aliphatic hydroxyl groups is 2. The molecule has 0 spiro atoms. The van der Waals surface area contributed by atoms with Crippen LogP contribution < -0.4 is 11.1 Å². The maximum Gasteiger partial charge on any atom is 0.220 e. The molecular formula is C11H17N5O2. The Kier molecular flexibility index (Phi) is 4.08. The van der Waals surface area contributed by atoms with Crippen molar-refractivity contribution in [2.24, 2.45) is 5.92 Å². The highest BCUT2D eigenvalue weighted by Crippen LogP contribution is 2.15. The molecule has 18 heavy (non-hydrogen) atoms. The minimum Gasteiger partial charge on any atom is -0.396 e. The molecule has 0 aliphatic heterocycles. The van der Waals surface area contributed by atoms with Gasteiger partial charge in [0.1, 0.15) is 0 Å². The lowest BCUT2D eigenvalue weighted by Gasteiger charge is -2.11. The molecule has 0 saturated heterocycles. The number of nitrogen functional groups attached to an aromatic ring is 1. The zero-order valence-corrected chi connectivity index (χ0v) is 9.93. The number of aromatic nitrogens is 3. The van der Waals surface area contributed by atoms with Crippen LogP contribution >= 0.6 is 0 Å². The quantitative estimate of drug-likeness (QED) is 0.460. The lowest BCUT2D eigenvalue weighted by atomic mass is 10.2. The van der Waals surface area contributed by atoms with Gasteiger partial charge in [0.2, 0.25) is 5.95 Å². The average molecular weight is 251 g/mol. The van der Waals surface area contributed by atoms with E-state index in [9.17, 15) is 0 Å². The van der Waals surface area contributed by atoms with Gasteiger partial charge in [-0.2, -0.15) is 0 Å². The zero-order chi connectivity index (χ0) is 13.0. The highest BCUT2D eigenvalue weighted by atomic mass is 16.3. The van der Waals surface area contributed by atoms with E-state index in [-0.39, 0.29) is 25.1 Å². The smallest absolute Gasteiger partial charge is 0.220 e. The summed E-state index contributed by atoms with van der Waals surface area (Å²) >= 11 is 0. The molecule has 0 aromatic carbocycles. The van der Waals surface area contributed by atoms with E-state index >= 15 is 0 Å². The fourth-order valence-corrected chi connectivity index (χ4v) is 1.71. The molecule has 0 fully saturated rings. The lowest BCUT2D eigenvalue weighted by Crippen LogP contribution is -2.27.